The second kappa shape index (κ2) is 7.62. The van der Waals surface area contributed by atoms with E-state index < -0.39 is 11.9 Å². The van der Waals surface area contributed by atoms with Crippen LogP contribution in [0.4, 0.5) is 13.2 Å². The number of rotatable bonds is 3. The molecule has 0 atom stereocenters. The molecule has 1 aliphatic rings. The molecule has 1 aliphatic heterocycles. The summed E-state index contributed by atoms with van der Waals surface area (Å²) < 4.78 is 40.7. The van der Waals surface area contributed by atoms with Gasteiger partial charge in [-0.25, -0.2) is 0 Å². The zero-order valence-electron chi connectivity index (χ0n) is 15.5. The molecular weight excluding hydrogens is 425 g/mol. The van der Waals surface area contributed by atoms with E-state index in [4.69, 9.17) is 11.6 Å². The Bertz CT molecular complexity index is 1040. The number of amides is 1. The van der Waals surface area contributed by atoms with Crippen molar-refractivity contribution in [1.82, 2.24) is 19.6 Å². The summed E-state index contributed by atoms with van der Waals surface area (Å²) >= 11 is 6.96. The lowest BCUT2D eigenvalue weighted by Gasteiger charge is -2.34. The molecular formula is C19H18ClF3N4OS. The topological polar surface area (TPSA) is 41.4 Å². The van der Waals surface area contributed by atoms with Crippen molar-refractivity contribution in [1.29, 1.82) is 0 Å². The third-order valence-electron chi connectivity index (χ3n) is 4.97. The first-order valence-corrected chi connectivity index (χ1v) is 10.2. The van der Waals surface area contributed by atoms with E-state index in [1.807, 2.05) is 24.3 Å². The molecule has 2 aromatic heterocycles. The fraction of sp³-hybridized carbons (Fsp3) is 0.368. The van der Waals surface area contributed by atoms with Crippen LogP contribution in [0.5, 0.6) is 0 Å². The van der Waals surface area contributed by atoms with Crippen LogP contribution in [0.25, 0.3) is 10.2 Å². The van der Waals surface area contributed by atoms with Crippen molar-refractivity contribution in [3.05, 3.63) is 51.5 Å². The van der Waals surface area contributed by atoms with Crippen molar-refractivity contribution < 1.29 is 18.0 Å². The summed E-state index contributed by atoms with van der Waals surface area (Å²) in [6, 6.07) is 8.97. The van der Waals surface area contributed by atoms with Gasteiger partial charge in [-0.05, 0) is 23.8 Å². The highest BCUT2D eigenvalue weighted by atomic mass is 35.5. The number of piperazine rings is 1. The van der Waals surface area contributed by atoms with Crippen LogP contribution < -0.4 is 0 Å². The Balaban J connectivity index is 1.44. The van der Waals surface area contributed by atoms with Crippen LogP contribution in [0.15, 0.2) is 30.3 Å². The van der Waals surface area contributed by atoms with Crippen LogP contribution in [0.2, 0.25) is 5.02 Å². The lowest BCUT2D eigenvalue weighted by molar-refractivity contribution is -0.140. The number of hydrogen-bond acceptors (Lipinski definition) is 4. The minimum atomic E-state index is -4.55. The van der Waals surface area contributed by atoms with Crippen molar-refractivity contribution in [3.63, 3.8) is 0 Å². The molecule has 154 valence electrons. The van der Waals surface area contributed by atoms with Gasteiger partial charge in [0, 0.05) is 50.2 Å². The van der Waals surface area contributed by atoms with E-state index in [1.54, 1.807) is 4.90 Å². The van der Waals surface area contributed by atoms with Crippen molar-refractivity contribution in [2.75, 3.05) is 26.2 Å². The molecule has 0 aliphatic carbocycles. The van der Waals surface area contributed by atoms with Gasteiger partial charge in [0.05, 0.1) is 4.88 Å². The quantitative estimate of drug-likeness (QED) is 0.608. The number of aryl methyl sites for hydroxylation is 1. The second-order valence-corrected chi connectivity index (χ2v) is 8.46. The van der Waals surface area contributed by atoms with Crippen LogP contribution in [-0.4, -0.2) is 51.7 Å². The Hall–Kier alpha value is -2.10. The molecule has 1 aromatic carbocycles. The van der Waals surface area contributed by atoms with E-state index in [0.717, 1.165) is 23.4 Å². The minimum absolute atomic E-state index is 0.0188. The van der Waals surface area contributed by atoms with Gasteiger partial charge in [0.1, 0.15) is 4.83 Å². The van der Waals surface area contributed by atoms with Crippen molar-refractivity contribution >= 4 is 39.1 Å². The molecule has 0 unspecified atom stereocenters. The Morgan fingerprint density at radius 1 is 1.17 bits per heavy atom. The number of aromatic nitrogens is 2. The van der Waals surface area contributed by atoms with Crippen LogP contribution in [0.3, 0.4) is 0 Å². The molecule has 1 amide bonds. The smallest absolute Gasteiger partial charge is 0.335 e. The van der Waals surface area contributed by atoms with Gasteiger partial charge < -0.3 is 4.90 Å². The highest BCUT2D eigenvalue weighted by Crippen LogP contribution is 2.37. The molecule has 1 fully saturated rings. The van der Waals surface area contributed by atoms with E-state index in [9.17, 15) is 18.0 Å². The van der Waals surface area contributed by atoms with Gasteiger partial charge in [0.2, 0.25) is 0 Å². The van der Waals surface area contributed by atoms with Crippen molar-refractivity contribution in [2.45, 2.75) is 12.7 Å². The summed E-state index contributed by atoms with van der Waals surface area (Å²) in [7, 11) is 1.46. The van der Waals surface area contributed by atoms with Crippen LogP contribution in [-0.2, 0) is 19.8 Å². The molecule has 29 heavy (non-hydrogen) atoms. The number of alkyl halides is 3. The van der Waals surface area contributed by atoms with E-state index >= 15 is 0 Å². The first-order chi connectivity index (χ1) is 13.7. The van der Waals surface area contributed by atoms with Gasteiger partial charge in [0.15, 0.2) is 5.69 Å². The van der Waals surface area contributed by atoms with Crippen LogP contribution >= 0.6 is 22.9 Å². The van der Waals surface area contributed by atoms with E-state index in [-0.39, 0.29) is 11.3 Å². The highest BCUT2D eigenvalue weighted by Gasteiger charge is 2.38. The molecule has 3 heterocycles. The number of fused-ring (bicyclic) bond motifs is 1. The maximum atomic E-state index is 13.2. The maximum absolute atomic E-state index is 13.2. The van der Waals surface area contributed by atoms with Gasteiger partial charge in [-0.3, -0.25) is 14.4 Å². The average molecular weight is 443 g/mol. The number of carbonyl (C=O) groups excluding carboxylic acids is 1. The zero-order valence-corrected chi connectivity index (χ0v) is 17.1. The Morgan fingerprint density at radius 3 is 2.45 bits per heavy atom. The first-order valence-electron chi connectivity index (χ1n) is 9.02. The fourth-order valence-corrected chi connectivity index (χ4v) is 4.63. The Morgan fingerprint density at radius 2 is 1.83 bits per heavy atom. The van der Waals surface area contributed by atoms with Crippen LogP contribution in [0.1, 0.15) is 20.9 Å². The number of thiophene rings is 1. The number of carbonyl (C=O) groups is 1. The average Bonchev–Trinajstić information content (AvgIpc) is 3.24. The largest absolute Gasteiger partial charge is 0.435 e. The Labute approximate surface area is 174 Å². The predicted octanol–water partition coefficient (Wildman–Crippen LogP) is 4.27. The second-order valence-electron chi connectivity index (χ2n) is 6.99. The molecule has 0 saturated carbocycles. The lowest BCUT2D eigenvalue weighted by Crippen LogP contribution is -2.48. The molecule has 10 heteroatoms. The third-order valence-corrected chi connectivity index (χ3v) is 6.41. The summed E-state index contributed by atoms with van der Waals surface area (Å²) in [5.74, 6) is -0.231. The van der Waals surface area contributed by atoms with Crippen LogP contribution in [0, 0.1) is 0 Å². The highest BCUT2D eigenvalue weighted by molar-refractivity contribution is 7.20. The number of benzene rings is 1. The van der Waals surface area contributed by atoms with Gasteiger partial charge in [-0.15, -0.1) is 11.3 Å². The molecule has 3 aromatic rings. The summed E-state index contributed by atoms with van der Waals surface area (Å²) in [5.41, 5.74) is 0.198. The molecule has 0 spiro atoms. The number of hydrogen-bond donors (Lipinski definition) is 0. The molecule has 0 bridgehead atoms. The number of halogens is 4. The third kappa shape index (κ3) is 4.12. The van der Waals surface area contributed by atoms with Gasteiger partial charge in [-0.2, -0.15) is 18.3 Å². The summed E-state index contributed by atoms with van der Waals surface area (Å²) in [4.78, 5) is 17.4. The fourth-order valence-electron chi connectivity index (χ4n) is 3.47. The number of nitrogens with zero attached hydrogens (tertiary/aromatic N) is 4. The minimum Gasteiger partial charge on any atom is -0.335 e. The summed E-state index contributed by atoms with van der Waals surface area (Å²) in [5, 5.41) is 4.22. The molecule has 0 N–H and O–H groups in total. The lowest BCUT2D eigenvalue weighted by atomic mass is 10.2. The molecule has 1 saturated heterocycles. The summed E-state index contributed by atoms with van der Waals surface area (Å²) in [6.07, 6.45) is -4.55. The normalized spacial score (nSPS) is 16.0. The van der Waals surface area contributed by atoms with Crippen molar-refractivity contribution in [3.8, 4) is 0 Å². The molecule has 4 rings (SSSR count). The standard InChI is InChI=1S/C19H18ClF3N4OS/c1-25-18-14(16(24-25)19(21,22)23)10-15(29-18)17(28)27-8-6-26(7-9-27)11-12-2-4-13(20)5-3-12/h2-5,10H,6-9,11H2,1H3. The van der Waals surface area contributed by atoms with E-state index in [0.29, 0.717) is 40.9 Å². The van der Waals surface area contributed by atoms with Gasteiger partial charge >= 0.3 is 6.18 Å². The maximum Gasteiger partial charge on any atom is 0.435 e. The molecule has 5 nitrogen and oxygen atoms in total. The molecule has 0 radical (unpaired) electrons. The zero-order chi connectivity index (χ0) is 20.8. The van der Waals surface area contributed by atoms with Gasteiger partial charge in [0.25, 0.3) is 5.91 Å². The monoisotopic (exact) mass is 442 g/mol. The van der Waals surface area contributed by atoms with E-state index in [1.165, 1.54) is 17.8 Å². The first kappa shape index (κ1) is 20.2. The van der Waals surface area contributed by atoms with Gasteiger partial charge in [-0.1, -0.05) is 23.7 Å². The van der Waals surface area contributed by atoms with E-state index in [2.05, 4.69) is 10.00 Å². The Kier molecular flexibility index (Phi) is 5.30. The van der Waals surface area contributed by atoms with Crippen molar-refractivity contribution in [2.24, 2.45) is 7.05 Å². The predicted molar refractivity (Wildman–Crippen MR) is 106 cm³/mol. The SMILES string of the molecule is Cn1nc(C(F)(F)F)c2cc(C(=O)N3CCN(Cc4ccc(Cl)cc4)CC3)sc21. The summed E-state index contributed by atoms with van der Waals surface area (Å²) in [6.45, 7) is 3.24.